The summed E-state index contributed by atoms with van der Waals surface area (Å²) in [7, 11) is -3.83. The van der Waals surface area contributed by atoms with Crippen LogP contribution in [0.4, 0.5) is 5.69 Å². The van der Waals surface area contributed by atoms with Crippen molar-refractivity contribution in [3.63, 3.8) is 0 Å². The number of likely N-dealkylation sites (tertiary alicyclic amines) is 1. The standard InChI is InChI=1S/C20H24N2O4S/c1-19(24)14-22(17-10-6-3-7-11-17)27(25,26)20(19)12-13-21(15-20)18(23)16-8-4-2-5-9-16/h3-4,6-11,24H,2,5,12-15H2,1H3/t19-,20-/m1/s1. The van der Waals surface area contributed by atoms with Crippen LogP contribution in [0.3, 0.4) is 0 Å². The molecule has 2 atom stereocenters. The topological polar surface area (TPSA) is 77.9 Å². The van der Waals surface area contributed by atoms with E-state index in [4.69, 9.17) is 0 Å². The first-order chi connectivity index (χ1) is 12.8. The molecule has 0 unspecified atom stereocenters. The Morgan fingerprint density at radius 3 is 2.56 bits per heavy atom. The Labute approximate surface area is 159 Å². The maximum atomic E-state index is 13.5. The number of β-amino-alcohol motifs (C(OH)–C–C–N with tert-alkyl or cyclic N) is 1. The predicted molar refractivity (Wildman–Crippen MR) is 104 cm³/mol. The summed E-state index contributed by atoms with van der Waals surface area (Å²) in [6.45, 7) is 1.89. The maximum Gasteiger partial charge on any atom is 0.253 e. The summed E-state index contributed by atoms with van der Waals surface area (Å²) in [5.41, 5.74) is -0.307. The molecule has 1 N–H and O–H groups in total. The minimum absolute atomic E-state index is 0.00960. The minimum Gasteiger partial charge on any atom is -0.386 e. The lowest BCUT2D eigenvalue weighted by Crippen LogP contribution is -2.55. The lowest BCUT2D eigenvalue weighted by atomic mass is 9.87. The molecule has 2 aliphatic heterocycles. The molecule has 1 aliphatic carbocycles. The SMILES string of the molecule is C[C@@]1(O)CN(c2ccccc2)S(=O)(=O)[C@@]12CCN(C(=O)C1=CCCC=C1)C2. The van der Waals surface area contributed by atoms with Gasteiger partial charge in [-0.1, -0.05) is 36.4 Å². The van der Waals surface area contributed by atoms with Gasteiger partial charge in [-0.15, -0.1) is 0 Å². The van der Waals surface area contributed by atoms with E-state index in [9.17, 15) is 18.3 Å². The van der Waals surface area contributed by atoms with Gasteiger partial charge in [0.1, 0.15) is 10.3 Å². The second kappa shape index (κ2) is 6.21. The van der Waals surface area contributed by atoms with Crippen LogP contribution in [0.1, 0.15) is 26.2 Å². The lowest BCUT2D eigenvalue weighted by Gasteiger charge is -2.33. The number of aliphatic hydroxyl groups is 1. The Balaban J connectivity index is 1.67. The van der Waals surface area contributed by atoms with Crippen LogP contribution in [0.2, 0.25) is 0 Å². The van der Waals surface area contributed by atoms with Gasteiger partial charge in [0.05, 0.1) is 12.2 Å². The van der Waals surface area contributed by atoms with E-state index in [0.717, 1.165) is 12.8 Å². The molecule has 1 amide bonds. The molecular formula is C20H24N2O4S. The Morgan fingerprint density at radius 2 is 1.89 bits per heavy atom. The van der Waals surface area contributed by atoms with Crippen LogP contribution in [-0.2, 0) is 14.8 Å². The highest BCUT2D eigenvalue weighted by molar-refractivity contribution is 7.94. The second-order valence-corrected chi connectivity index (χ2v) is 9.90. The summed E-state index contributed by atoms with van der Waals surface area (Å²) in [6.07, 6.45) is 7.61. The molecule has 0 saturated carbocycles. The van der Waals surface area contributed by atoms with Crippen LogP contribution in [0.15, 0.2) is 54.1 Å². The Morgan fingerprint density at radius 1 is 1.15 bits per heavy atom. The average molecular weight is 388 g/mol. The van der Waals surface area contributed by atoms with Crippen LogP contribution in [-0.4, -0.2) is 54.3 Å². The number of benzene rings is 1. The van der Waals surface area contributed by atoms with Gasteiger partial charge in [0.25, 0.3) is 5.91 Å². The van der Waals surface area contributed by atoms with Crippen LogP contribution in [0.25, 0.3) is 0 Å². The molecule has 1 spiro atoms. The second-order valence-electron chi connectivity index (χ2n) is 7.73. The molecule has 3 aliphatic rings. The van der Waals surface area contributed by atoms with Crippen molar-refractivity contribution in [2.24, 2.45) is 0 Å². The first-order valence-corrected chi connectivity index (χ1v) is 10.7. The highest BCUT2D eigenvalue weighted by atomic mass is 32.2. The molecule has 2 fully saturated rings. The minimum atomic E-state index is -3.83. The van der Waals surface area contributed by atoms with Crippen molar-refractivity contribution < 1.29 is 18.3 Å². The summed E-state index contributed by atoms with van der Waals surface area (Å²) in [6, 6.07) is 8.82. The fourth-order valence-corrected chi connectivity index (χ4v) is 6.91. The first kappa shape index (κ1) is 18.3. The van der Waals surface area contributed by atoms with E-state index < -0.39 is 20.4 Å². The Hall–Kier alpha value is -2.12. The summed E-state index contributed by atoms with van der Waals surface area (Å²) >= 11 is 0. The summed E-state index contributed by atoms with van der Waals surface area (Å²) in [4.78, 5) is 14.4. The van der Waals surface area contributed by atoms with Crippen LogP contribution in [0, 0.1) is 0 Å². The molecule has 0 aromatic heterocycles. The molecule has 1 aromatic carbocycles. The van der Waals surface area contributed by atoms with E-state index in [1.54, 1.807) is 42.2 Å². The zero-order valence-electron chi connectivity index (χ0n) is 15.3. The first-order valence-electron chi connectivity index (χ1n) is 9.24. The van der Waals surface area contributed by atoms with E-state index in [2.05, 4.69) is 0 Å². The number of para-hydroxylation sites is 1. The third-order valence-corrected chi connectivity index (χ3v) is 8.70. The zero-order chi connectivity index (χ0) is 19.3. The van der Waals surface area contributed by atoms with Crippen LogP contribution < -0.4 is 4.31 Å². The van der Waals surface area contributed by atoms with Crippen molar-refractivity contribution in [1.82, 2.24) is 4.90 Å². The number of hydrogen-bond acceptors (Lipinski definition) is 4. The number of nitrogens with zero attached hydrogens (tertiary/aromatic N) is 2. The largest absolute Gasteiger partial charge is 0.386 e. The van der Waals surface area contributed by atoms with Crippen molar-refractivity contribution in [1.29, 1.82) is 0 Å². The van der Waals surface area contributed by atoms with E-state index in [0.29, 0.717) is 17.8 Å². The quantitative estimate of drug-likeness (QED) is 0.839. The fraction of sp³-hybridized carbons (Fsp3) is 0.450. The van der Waals surface area contributed by atoms with Gasteiger partial charge < -0.3 is 10.0 Å². The van der Waals surface area contributed by atoms with Crippen molar-refractivity contribution in [2.75, 3.05) is 23.9 Å². The summed E-state index contributed by atoms with van der Waals surface area (Å²) in [5, 5.41) is 11.1. The lowest BCUT2D eigenvalue weighted by molar-refractivity contribution is -0.126. The van der Waals surface area contributed by atoms with Gasteiger partial charge in [-0.25, -0.2) is 8.42 Å². The van der Waals surface area contributed by atoms with Gasteiger partial charge >= 0.3 is 0 Å². The molecule has 1 aromatic rings. The maximum absolute atomic E-state index is 13.5. The van der Waals surface area contributed by atoms with Gasteiger partial charge in [-0.3, -0.25) is 9.10 Å². The molecule has 2 saturated heterocycles. The van der Waals surface area contributed by atoms with Gasteiger partial charge in [0.15, 0.2) is 0 Å². The third-order valence-electron chi connectivity index (χ3n) is 6.02. The van der Waals surface area contributed by atoms with Crippen molar-refractivity contribution in [3.8, 4) is 0 Å². The van der Waals surface area contributed by atoms with Crippen LogP contribution in [0.5, 0.6) is 0 Å². The number of amides is 1. The molecule has 0 radical (unpaired) electrons. The van der Waals surface area contributed by atoms with Crippen molar-refractivity contribution in [3.05, 3.63) is 54.1 Å². The Bertz CT molecular complexity index is 921. The summed E-state index contributed by atoms with van der Waals surface area (Å²) < 4.78 is 26.9. The van der Waals surface area contributed by atoms with Crippen molar-refractivity contribution >= 4 is 21.6 Å². The van der Waals surface area contributed by atoms with Gasteiger partial charge in [0.2, 0.25) is 10.0 Å². The smallest absolute Gasteiger partial charge is 0.253 e. The molecule has 0 bridgehead atoms. The van der Waals surface area contributed by atoms with E-state index in [-0.39, 0.29) is 25.4 Å². The number of rotatable bonds is 2. The Kier molecular flexibility index (Phi) is 4.20. The van der Waals surface area contributed by atoms with E-state index in [1.165, 1.54) is 4.31 Å². The molecule has 7 heteroatoms. The van der Waals surface area contributed by atoms with Gasteiger partial charge in [-0.2, -0.15) is 0 Å². The third kappa shape index (κ3) is 2.63. The molecule has 2 heterocycles. The molecule has 4 rings (SSSR count). The highest BCUT2D eigenvalue weighted by Crippen LogP contribution is 2.48. The number of anilines is 1. The van der Waals surface area contributed by atoms with Crippen LogP contribution >= 0.6 is 0 Å². The summed E-state index contributed by atoms with van der Waals surface area (Å²) in [5.74, 6) is -0.160. The highest BCUT2D eigenvalue weighted by Gasteiger charge is 2.68. The van der Waals surface area contributed by atoms with Gasteiger partial charge in [-0.05, 0) is 38.3 Å². The zero-order valence-corrected chi connectivity index (χ0v) is 16.2. The number of sulfonamides is 1. The molecular weight excluding hydrogens is 364 g/mol. The fourth-order valence-electron chi connectivity index (χ4n) is 4.38. The van der Waals surface area contributed by atoms with Gasteiger partial charge in [0, 0.05) is 18.7 Å². The van der Waals surface area contributed by atoms with E-state index in [1.807, 2.05) is 18.2 Å². The van der Waals surface area contributed by atoms with Crippen molar-refractivity contribution in [2.45, 2.75) is 36.5 Å². The number of allylic oxidation sites excluding steroid dienone is 2. The van der Waals surface area contributed by atoms with E-state index >= 15 is 0 Å². The molecule has 6 nitrogen and oxygen atoms in total. The number of carbonyl (C=O) groups is 1. The molecule has 144 valence electrons. The average Bonchev–Trinajstić information content (AvgIpc) is 3.20. The normalized spacial score (nSPS) is 32.1. The monoisotopic (exact) mass is 388 g/mol. The number of hydrogen-bond donors (Lipinski definition) is 1. The predicted octanol–water partition coefficient (Wildman–Crippen LogP) is 1.83. The molecule has 27 heavy (non-hydrogen) atoms. The number of carbonyl (C=O) groups excluding carboxylic acids is 1.